The van der Waals surface area contributed by atoms with Crippen molar-refractivity contribution in [2.45, 2.75) is 86.0 Å². The minimum atomic E-state index is -0.477. The molecule has 0 aromatic carbocycles. The van der Waals surface area contributed by atoms with Crippen molar-refractivity contribution in [1.82, 2.24) is 14.9 Å². The van der Waals surface area contributed by atoms with Gasteiger partial charge in [0.25, 0.3) is 0 Å². The van der Waals surface area contributed by atoms with Crippen LogP contribution >= 0.6 is 0 Å². The Morgan fingerprint density at radius 2 is 1.97 bits per heavy atom. The van der Waals surface area contributed by atoms with Gasteiger partial charge in [-0.2, -0.15) is 4.98 Å². The molecule has 2 atom stereocenters. The van der Waals surface area contributed by atoms with Gasteiger partial charge in [0.1, 0.15) is 12.0 Å². The maximum atomic E-state index is 12.8. The van der Waals surface area contributed by atoms with Crippen molar-refractivity contribution in [3.63, 3.8) is 0 Å². The smallest absolute Gasteiger partial charge is 0.351 e. The first kappa shape index (κ1) is 24.1. The summed E-state index contributed by atoms with van der Waals surface area (Å²) in [6, 6.07) is 1.57. The van der Waals surface area contributed by atoms with Gasteiger partial charge in [-0.1, -0.05) is 41.0 Å². The van der Waals surface area contributed by atoms with Gasteiger partial charge in [-0.05, 0) is 37.2 Å². The number of nitrogens with zero attached hydrogens (tertiary/aromatic N) is 2. The first-order chi connectivity index (χ1) is 13.9. The molecule has 2 amide bonds. The minimum Gasteiger partial charge on any atom is -0.353 e. The zero-order chi connectivity index (χ0) is 22.5. The molecule has 1 aromatic rings. The van der Waals surface area contributed by atoms with Gasteiger partial charge in [0.15, 0.2) is 0 Å². The van der Waals surface area contributed by atoms with Gasteiger partial charge in [-0.3, -0.25) is 14.2 Å². The van der Waals surface area contributed by atoms with E-state index in [1.165, 1.54) is 11.5 Å². The van der Waals surface area contributed by atoms with E-state index in [0.29, 0.717) is 13.0 Å². The highest BCUT2D eigenvalue weighted by atomic mass is 16.5. The molecule has 30 heavy (non-hydrogen) atoms. The number of aromatic nitrogens is 2. The van der Waals surface area contributed by atoms with Crippen LogP contribution in [0.5, 0.6) is 0 Å². The molecule has 0 radical (unpaired) electrons. The molecule has 0 bridgehead atoms. The predicted molar refractivity (Wildman–Crippen MR) is 116 cm³/mol. The van der Waals surface area contributed by atoms with Crippen molar-refractivity contribution in [3.8, 4) is 0 Å². The van der Waals surface area contributed by atoms with Crippen LogP contribution in [-0.2, 0) is 14.3 Å². The Kier molecular flexibility index (Phi) is 7.80. The molecule has 0 saturated carbocycles. The summed E-state index contributed by atoms with van der Waals surface area (Å²) >= 11 is 0. The number of carbonyl (C=O) groups excluding carboxylic acids is 2. The van der Waals surface area contributed by atoms with Crippen LogP contribution in [0.25, 0.3) is 0 Å². The molecule has 0 spiro atoms. The fourth-order valence-electron chi connectivity index (χ4n) is 4.41. The Bertz CT molecular complexity index is 816. The van der Waals surface area contributed by atoms with Crippen LogP contribution in [0.2, 0.25) is 0 Å². The van der Waals surface area contributed by atoms with Crippen molar-refractivity contribution in [3.05, 3.63) is 22.7 Å². The highest BCUT2D eigenvalue weighted by molar-refractivity contribution is 5.87. The molecular weight excluding hydrogens is 384 g/mol. The van der Waals surface area contributed by atoms with Crippen LogP contribution in [-0.4, -0.2) is 34.0 Å². The van der Waals surface area contributed by atoms with E-state index < -0.39 is 17.3 Å². The van der Waals surface area contributed by atoms with Crippen molar-refractivity contribution in [2.75, 3.05) is 11.9 Å². The van der Waals surface area contributed by atoms with Crippen molar-refractivity contribution < 1.29 is 14.3 Å². The quantitative estimate of drug-likeness (QED) is 0.638. The third-order valence-corrected chi connectivity index (χ3v) is 5.48. The average molecular weight is 421 g/mol. The zero-order valence-electron chi connectivity index (χ0n) is 19.1. The maximum Gasteiger partial charge on any atom is 0.351 e. The number of amides is 2. The summed E-state index contributed by atoms with van der Waals surface area (Å²) in [7, 11) is 0. The van der Waals surface area contributed by atoms with Gasteiger partial charge >= 0.3 is 5.69 Å². The third kappa shape index (κ3) is 6.65. The van der Waals surface area contributed by atoms with Crippen molar-refractivity contribution >= 4 is 17.6 Å². The lowest BCUT2D eigenvalue weighted by Gasteiger charge is -2.34. The Hall–Kier alpha value is -2.22. The number of carbonyl (C=O) groups is 2. The van der Waals surface area contributed by atoms with Gasteiger partial charge in [0.2, 0.25) is 11.8 Å². The normalized spacial score (nSPS) is 19.5. The highest BCUT2D eigenvalue weighted by Gasteiger charge is 2.35. The van der Waals surface area contributed by atoms with Crippen molar-refractivity contribution in [1.29, 1.82) is 0 Å². The van der Waals surface area contributed by atoms with Gasteiger partial charge in [-0.15, -0.1) is 0 Å². The van der Waals surface area contributed by atoms with Crippen LogP contribution in [0.1, 0.15) is 79.9 Å². The van der Waals surface area contributed by atoms with E-state index in [9.17, 15) is 14.4 Å². The molecule has 168 valence electrons. The van der Waals surface area contributed by atoms with E-state index in [4.69, 9.17) is 4.74 Å². The van der Waals surface area contributed by atoms with E-state index in [0.717, 1.165) is 25.7 Å². The van der Waals surface area contributed by atoms with Gasteiger partial charge in [0, 0.05) is 25.1 Å². The molecule has 2 rings (SSSR count). The molecule has 1 fully saturated rings. The van der Waals surface area contributed by atoms with Crippen LogP contribution < -0.4 is 16.3 Å². The number of anilines is 1. The number of hydrogen-bond donors (Lipinski definition) is 2. The molecule has 1 aliphatic rings. The third-order valence-electron chi connectivity index (χ3n) is 5.48. The summed E-state index contributed by atoms with van der Waals surface area (Å²) in [4.78, 5) is 40.0. The zero-order valence-corrected chi connectivity index (χ0v) is 19.1. The molecule has 2 N–H and O–H groups in total. The summed E-state index contributed by atoms with van der Waals surface area (Å²) < 4.78 is 7.39. The van der Waals surface area contributed by atoms with Crippen LogP contribution in [0.15, 0.2) is 17.1 Å². The lowest BCUT2D eigenvalue weighted by Crippen LogP contribution is -2.42. The second-order valence-electron chi connectivity index (χ2n) is 9.66. The number of rotatable bonds is 9. The Labute approximate surface area is 178 Å². The molecule has 0 unspecified atom stereocenters. The Morgan fingerprint density at radius 3 is 2.57 bits per heavy atom. The van der Waals surface area contributed by atoms with Crippen LogP contribution in [0.3, 0.4) is 0 Å². The fourth-order valence-corrected chi connectivity index (χ4v) is 4.41. The van der Waals surface area contributed by atoms with E-state index in [2.05, 4.69) is 36.4 Å². The number of nitrogens with one attached hydrogen (secondary N) is 2. The SMILES string of the molecule is CCCC(C)(C)CC(C)(C)C(=O)NC[C@@H]1CC[C@H](n2ccc(NC(C)=O)nc2=O)O1. The van der Waals surface area contributed by atoms with Gasteiger partial charge in [-0.25, -0.2) is 4.79 Å². The molecule has 8 nitrogen and oxygen atoms in total. The first-order valence-electron chi connectivity index (χ1n) is 10.7. The summed E-state index contributed by atoms with van der Waals surface area (Å²) in [5.74, 6) is -0.0374. The van der Waals surface area contributed by atoms with Gasteiger partial charge < -0.3 is 15.4 Å². The Balaban J connectivity index is 1.90. The second kappa shape index (κ2) is 9.73. The lowest BCUT2D eigenvalue weighted by molar-refractivity contribution is -0.131. The fraction of sp³-hybridized carbons (Fsp3) is 0.727. The molecule has 1 aromatic heterocycles. The highest BCUT2D eigenvalue weighted by Crippen LogP contribution is 2.37. The maximum absolute atomic E-state index is 12.8. The molecule has 8 heteroatoms. The van der Waals surface area contributed by atoms with Gasteiger partial charge in [0.05, 0.1) is 6.10 Å². The Morgan fingerprint density at radius 1 is 1.27 bits per heavy atom. The van der Waals surface area contributed by atoms with E-state index in [1.807, 2.05) is 13.8 Å². The summed E-state index contributed by atoms with van der Waals surface area (Å²) in [6.45, 7) is 12.3. The summed E-state index contributed by atoms with van der Waals surface area (Å²) in [5, 5.41) is 5.52. The monoisotopic (exact) mass is 420 g/mol. The molecule has 0 aliphatic carbocycles. The lowest BCUT2D eigenvalue weighted by atomic mass is 9.72. The largest absolute Gasteiger partial charge is 0.353 e. The second-order valence-corrected chi connectivity index (χ2v) is 9.66. The van der Waals surface area contributed by atoms with E-state index in [1.54, 1.807) is 12.3 Å². The van der Waals surface area contributed by atoms with Crippen molar-refractivity contribution in [2.24, 2.45) is 10.8 Å². The summed E-state index contributed by atoms with van der Waals surface area (Å²) in [5.41, 5.74) is -0.825. The molecule has 1 aliphatic heterocycles. The molecular formula is C22H36N4O4. The van der Waals surface area contributed by atoms with E-state index in [-0.39, 0.29) is 29.2 Å². The number of ether oxygens (including phenoxy) is 1. The molecule has 2 heterocycles. The first-order valence-corrected chi connectivity index (χ1v) is 10.7. The topological polar surface area (TPSA) is 102 Å². The number of hydrogen-bond acceptors (Lipinski definition) is 5. The standard InChI is InChI=1S/C22H36N4O4/c1-7-11-21(3,4)14-22(5,6)19(28)23-13-16-8-9-18(30-16)26-12-10-17(24-15(2)27)25-20(26)29/h10,12,16,18H,7-9,11,13-14H2,1-6H3,(H,23,28)(H,24,25,27,29)/t16-,18+/m0/s1. The van der Waals surface area contributed by atoms with Crippen LogP contribution in [0.4, 0.5) is 5.82 Å². The summed E-state index contributed by atoms with van der Waals surface area (Å²) in [6.07, 6.45) is 5.40. The predicted octanol–water partition coefficient (Wildman–Crippen LogP) is 3.24. The average Bonchev–Trinajstić information content (AvgIpc) is 3.06. The minimum absolute atomic E-state index is 0.0252. The van der Waals surface area contributed by atoms with Crippen LogP contribution in [0, 0.1) is 10.8 Å². The molecule has 1 saturated heterocycles. The van der Waals surface area contributed by atoms with E-state index >= 15 is 0 Å².